The van der Waals surface area contributed by atoms with Gasteiger partial charge in [-0.25, -0.2) is 15.0 Å². The van der Waals surface area contributed by atoms with Gasteiger partial charge in [-0.3, -0.25) is 4.90 Å². The third kappa shape index (κ3) is 5.04. The number of fused-ring (bicyclic) bond motifs is 1. The molecule has 1 saturated heterocycles. The van der Waals surface area contributed by atoms with Crippen molar-refractivity contribution in [3.8, 4) is 23.0 Å². The normalized spacial score (nSPS) is 17.4. The molecule has 2 fully saturated rings. The summed E-state index contributed by atoms with van der Waals surface area (Å²) in [5, 5.41) is 5.96. The van der Waals surface area contributed by atoms with Crippen LogP contribution in [0, 0.1) is 0 Å². The summed E-state index contributed by atoms with van der Waals surface area (Å²) in [5.74, 6) is 1.94. The van der Waals surface area contributed by atoms with E-state index in [1.165, 1.54) is 6.33 Å². The summed E-state index contributed by atoms with van der Waals surface area (Å²) >= 11 is 8.36. The minimum atomic E-state index is -0.179. The summed E-state index contributed by atoms with van der Waals surface area (Å²) in [7, 11) is 0. The molecule has 0 atom stereocenters. The van der Waals surface area contributed by atoms with E-state index in [0.717, 1.165) is 62.6 Å². The molecular formula is C25H28ClN7O2S. The topological polar surface area (TPSA) is 90.2 Å². The van der Waals surface area contributed by atoms with Gasteiger partial charge in [0.05, 0.1) is 22.8 Å². The van der Waals surface area contributed by atoms with Crippen molar-refractivity contribution in [1.82, 2.24) is 34.7 Å². The van der Waals surface area contributed by atoms with Crippen molar-refractivity contribution in [2.75, 3.05) is 39.3 Å². The number of hydrogen-bond acceptors (Lipinski definition) is 9. The third-order valence-electron chi connectivity index (χ3n) is 6.67. The van der Waals surface area contributed by atoms with Crippen molar-refractivity contribution in [2.24, 2.45) is 0 Å². The standard InChI is InChI=1S/C25H28ClN7O2S/c1-25(4-5-25)35-24-21-23(28-15-29-24)33(13-17-14-36-16-30-17)22(31-21)19-3-2-18(12-20(19)26)34-11-10-32-8-6-27-7-9-32/h2-3,12,14-16,27H,4-11,13H2,1H3. The van der Waals surface area contributed by atoms with Crippen molar-refractivity contribution >= 4 is 34.1 Å². The molecular weight excluding hydrogens is 498 g/mol. The lowest BCUT2D eigenvalue weighted by Gasteiger charge is -2.26. The number of nitrogens with one attached hydrogen (secondary N) is 1. The van der Waals surface area contributed by atoms with E-state index in [0.29, 0.717) is 41.0 Å². The summed E-state index contributed by atoms with van der Waals surface area (Å²) in [6, 6.07) is 5.76. The number of rotatable bonds is 9. The van der Waals surface area contributed by atoms with Gasteiger partial charge in [-0.1, -0.05) is 11.6 Å². The Labute approximate surface area is 218 Å². The van der Waals surface area contributed by atoms with E-state index in [-0.39, 0.29) is 5.60 Å². The van der Waals surface area contributed by atoms with Crippen molar-refractivity contribution in [3.63, 3.8) is 0 Å². The van der Waals surface area contributed by atoms with Crippen molar-refractivity contribution < 1.29 is 9.47 Å². The van der Waals surface area contributed by atoms with Gasteiger partial charge in [-0.15, -0.1) is 11.3 Å². The Bertz CT molecular complexity index is 1350. The molecule has 1 saturated carbocycles. The molecule has 6 rings (SSSR count). The maximum atomic E-state index is 6.80. The van der Waals surface area contributed by atoms with Crippen LogP contribution in [-0.4, -0.2) is 74.3 Å². The summed E-state index contributed by atoms with van der Waals surface area (Å²) < 4.78 is 14.2. The van der Waals surface area contributed by atoms with Crippen LogP contribution in [0.1, 0.15) is 25.5 Å². The molecule has 0 bridgehead atoms. The van der Waals surface area contributed by atoms with Gasteiger partial charge in [-0.05, 0) is 38.0 Å². The minimum absolute atomic E-state index is 0.179. The monoisotopic (exact) mass is 525 g/mol. The Morgan fingerprint density at radius 3 is 2.78 bits per heavy atom. The fraction of sp³-hybridized carbons (Fsp3) is 0.440. The number of halogens is 1. The second kappa shape index (κ2) is 9.93. The number of thiazole rings is 1. The number of hydrogen-bond donors (Lipinski definition) is 1. The van der Waals surface area contributed by atoms with Gasteiger partial charge in [0.25, 0.3) is 0 Å². The quantitative estimate of drug-likeness (QED) is 0.352. The van der Waals surface area contributed by atoms with Crippen molar-refractivity contribution in [1.29, 1.82) is 0 Å². The Kier molecular flexibility index (Phi) is 6.51. The van der Waals surface area contributed by atoms with E-state index < -0.39 is 0 Å². The van der Waals surface area contributed by atoms with Crippen LogP contribution in [0.15, 0.2) is 35.4 Å². The number of nitrogens with zero attached hydrogens (tertiary/aromatic N) is 6. The Morgan fingerprint density at radius 2 is 2.03 bits per heavy atom. The fourth-order valence-electron chi connectivity index (χ4n) is 4.33. The maximum absolute atomic E-state index is 6.80. The molecule has 1 N–H and O–H groups in total. The molecule has 2 aliphatic rings. The fourth-order valence-corrected chi connectivity index (χ4v) is 5.13. The highest BCUT2D eigenvalue weighted by Crippen LogP contribution is 2.41. The van der Waals surface area contributed by atoms with Crippen molar-refractivity contribution in [3.05, 3.63) is 46.1 Å². The summed E-state index contributed by atoms with van der Waals surface area (Å²) in [6.45, 7) is 8.27. The molecule has 0 radical (unpaired) electrons. The van der Waals surface area contributed by atoms with E-state index >= 15 is 0 Å². The summed E-state index contributed by atoms with van der Waals surface area (Å²) in [6.07, 6.45) is 3.54. The van der Waals surface area contributed by atoms with Gasteiger partial charge in [0, 0.05) is 43.7 Å². The van der Waals surface area contributed by atoms with Gasteiger partial charge in [0.15, 0.2) is 11.2 Å². The highest BCUT2D eigenvalue weighted by molar-refractivity contribution is 7.07. The zero-order chi connectivity index (χ0) is 24.5. The Balaban J connectivity index is 1.30. The smallest absolute Gasteiger partial charge is 0.245 e. The molecule has 0 spiro atoms. The van der Waals surface area contributed by atoms with Gasteiger partial charge in [-0.2, -0.15) is 4.98 Å². The number of benzene rings is 1. The molecule has 0 amide bonds. The highest BCUT2D eigenvalue weighted by Gasteiger charge is 2.41. The van der Waals surface area contributed by atoms with E-state index in [1.807, 2.05) is 33.7 Å². The second-order valence-corrected chi connectivity index (χ2v) is 10.6. The molecule has 188 valence electrons. The van der Waals surface area contributed by atoms with E-state index in [4.69, 9.17) is 26.1 Å². The third-order valence-corrected chi connectivity index (χ3v) is 7.61. The predicted molar refractivity (Wildman–Crippen MR) is 140 cm³/mol. The van der Waals surface area contributed by atoms with Gasteiger partial charge < -0.3 is 19.4 Å². The van der Waals surface area contributed by atoms with E-state index in [2.05, 4.69) is 32.1 Å². The lowest BCUT2D eigenvalue weighted by Crippen LogP contribution is -2.44. The summed E-state index contributed by atoms with van der Waals surface area (Å²) in [5.41, 5.74) is 4.69. The van der Waals surface area contributed by atoms with Crippen LogP contribution in [0.5, 0.6) is 11.6 Å². The molecule has 3 aromatic heterocycles. The number of piperazine rings is 1. The lowest BCUT2D eigenvalue weighted by molar-refractivity contribution is 0.191. The van der Waals surface area contributed by atoms with Crippen LogP contribution in [0.25, 0.3) is 22.6 Å². The maximum Gasteiger partial charge on any atom is 0.245 e. The van der Waals surface area contributed by atoms with Crippen LogP contribution in [-0.2, 0) is 6.54 Å². The first-order chi connectivity index (χ1) is 17.6. The molecule has 36 heavy (non-hydrogen) atoms. The molecule has 11 heteroatoms. The van der Waals surface area contributed by atoms with Crippen LogP contribution < -0.4 is 14.8 Å². The average molecular weight is 526 g/mol. The number of ether oxygens (including phenoxy) is 2. The molecule has 0 unspecified atom stereocenters. The largest absolute Gasteiger partial charge is 0.492 e. The highest BCUT2D eigenvalue weighted by atomic mass is 35.5. The van der Waals surface area contributed by atoms with Gasteiger partial charge in [0.2, 0.25) is 5.88 Å². The van der Waals surface area contributed by atoms with Crippen molar-refractivity contribution in [2.45, 2.75) is 31.9 Å². The zero-order valence-corrected chi connectivity index (χ0v) is 21.7. The molecule has 9 nitrogen and oxygen atoms in total. The van der Waals surface area contributed by atoms with Crippen LogP contribution in [0.2, 0.25) is 5.02 Å². The van der Waals surface area contributed by atoms with Crippen LogP contribution in [0.4, 0.5) is 0 Å². The minimum Gasteiger partial charge on any atom is -0.492 e. The first-order valence-corrected chi connectivity index (χ1v) is 13.5. The average Bonchev–Trinajstić information content (AvgIpc) is 3.25. The van der Waals surface area contributed by atoms with E-state index in [9.17, 15) is 0 Å². The first-order valence-electron chi connectivity index (χ1n) is 12.2. The molecule has 4 heterocycles. The SMILES string of the molecule is CC1(Oc2ncnc3c2nc(-c2ccc(OCCN4CCNCC4)cc2Cl)n3Cc2cscn2)CC1. The number of imidazole rings is 1. The Morgan fingerprint density at radius 1 is 1.17 bits per heavy atom. The second-order valence-electron chi connectivity index (χ2n) is 9.49. The van der Waals surface area contributed by atoms with Crippen LogP contribution >= 0.6 is 22.9 Å². The van der Waals surface area contributed by atoms with E-state index in [1.54, 1.807) is 11.3 Å². The molecule has 1 aliphatic heterocycles. The molecule has 1 aromatic carbocycles. The summed E-state index contributed by atoms with van der Waals surface area (Å²) in [4.78, 5) is 20.8. The van der Waals surface area contributed by atoms with Gasteiger partial charge in [0.1, 0.15) is 30.1 Å². The lowest BCUT2D eigenvalue weighted by atomic mass is 10.2. The molecule has 1 aliphatic carbocycles. The first kappa shape index (κ1) is 23.6. The van der Waals surface area contributed by atoms with Crippen LogP contribution in [0.3, 0.4) is 0 Å². The van der Waals surface area contributed by atoms with Gasteiger partial charge >= 0.3 is 0 Å². The predicted octanol–water partition coefficient (Wildman–Crippen LogP) is 3.87. The zero-order valence-electron chi connectivity index (χ0n) is 20.1. The molecule has 4 aromatic rings. The number of aromatic nitrogens is 5. The Hall–Kier alpha value is -2.79.